The topological polar surface area (TPSA) is 37.3 Å². The van der Waals surface area contributed by atoms with Gasteiger partial charge in [-0.1, -0.05) is 18.2 Å². The minimum absolute atomic E-state index is 0.0226. The molecule has 0 aliphatic rings. The summed E-state index contributed by atoms with van der Waals surface area (Å²) in [5.41, 5.74) is 0.587. The van der Waals surface area contributed by atoms with E-state index in [9.17, 15) is 4.79 Å². The number of carbonyl (C=O) groups excluding carboxylic acids is 1. The molecule has 1 N–H and O–H groups in total. The lowest BCUT2D eigenvalue weighted by atomic mass is 10.2. The summed E-state index contributed by atoms with van der Waals surface area (Å²) < 4.78 is 0. The Hall–Kier alpha value is -0.890. The fourth-order valence-electron chi connectivity index (χ4n) is 0.392. The number of aldehydes is 1. The van der Waals surface area contributed by atoms with Crippen molar-refractivity contribution in [1.29, 1.82) is 0 Å². The number of allylic oxidation sites excluding steroid dienone is 3. The molecular weight excluding hydrogens is 116 g/mol. The summed E-state index contributed by atoms with van der Waals surface area (Å²) in [4.78, 5) is 10.0. The summed E-state index contributed by atoms with van der Waals surface area (Å²) in [7, 11) is 0. The highest BCUT2D eigenvalue weighted by atomic mass is 16.2. The van der Waals surface area contributed by atoms with E-state index < -0.39 is 0 Å². The van der Waals surface area contributed by atoms with Gasteiger partial charge in [0.15, 0.2) is 0 Å². The zero-order chi connectivity index (χ0) is 7.11. The van der Waals surface area contributed by atoms with Crippen LogP contribution in [0.15, 0.2) is 23.8 Å². The van der Waals surface area contributed by atoms with Crippen molar-refractivity contribution in [1.82, 2.24) is 0 Å². The number of hydrogen-bond acceptors (Lipinski definition) is 2. The van der Waals surface area contributed by atoms with Crippen molar-refractivity contribution in [3.05, 3.63) is 23.8 Å². The van der Waals surface area contributed by atoms with Gasteiger partial charge in [-0.05, 0) is 6.92 Å². The Bertz CT molecular complexity index is 134. The van der Waals surface area contributed by atoms with Gasteiger partial charge < -0.3 is 5.11 Å². The summed E-state index contributed by atoms with van der Waals surface area (Å²) in [5, 5.41) is 8.28. The Morgan fingerprint density at radius 2 is 2.33 bits per heavy atom. The first-order valence-corrected chi connectivity index (χ1v) is 2.74. The molecule has 0 aliphatic heterocycles. The van der Waals surface area contributed by atoms with Crippen molar-refractivity contribution in [3.8, 4) is 0 Å². The second kappa shape index (κ2) is 5.25. The maximum absolute atomic E-state index is 10.0. The smallest absolute Gasteiger partial charge is 0.149 e. The third-order valence-corrected chi connectivity index (χ3v) is 0.885. The largest absolute Gasteiger partial charge is 0.392 e. The Kier molecular flexibility index (Phi) is 4.73. The molecule has 0 radical (unpaired) electrons. The number of aliphatic hydroxyl groups excluding tert-OH is 1. The Morgan fingerprint density at radius 1 is 1.67 bits per heavy atom. The van der Waals surface area contributed by atoms with Crippen molar-refractivity contribution < 1.29 is 9.90 Å². The molecule has 0 saturated heterocycles. The fourth-order valence-corrected chi connectivity index (χ4v) is 0.392. The molecule has 0 rings (SSSR count). The van der Waals surface area contributed by atoms with E-state index in [2.05, 4.69) is 0 Å². The standard InChI is InChI=1S/C7H10O2/c1-2-7(6-9)4-3-5-8/h2-4,6,8H,5H2,1H3/b4-3-,7-2+. The highest BCUT2D eigenvalue weighted by Gasteiger charge is 1.81. The normalized spacial score (nSPS) is 12.4. The molecule has 2 nitrogen and oxygen atoms in total. The first-order valence-electron chi connectivity index (χ1n) is 2.74. The van der Waals surface area contributed by atoms with Gasteiger partial charge >= 0.3 is 0 Å². The number of carbonyl (C=O) groups is 1. The molecular formula is C7H10O2. The van der Waals surface area contributed by atoms with Crippen LogP contribution in [0.4, 0.5) is 0 Å². The Labute approximate surface area is 54.5 Å². The first-order chi connectivity index (χ1) is 4.35. The summed E-state index contributed by atoms with van der Waals surface area (Å²) in [5.74, 6) is 0. The van der Waals surface area contributed by atoms with Crippen LogP contribution in [-0.2, 0) is 4.79 Å². The highest BCUT2D eigenvalue weighted by Crippen LogP contribution is 1.89. The van der Waals surface area contributed by atoms with E-state index in [0.717, 1.165) is 6.29 Å². The molecule has 0 spiro atoms. The zero-order valence-electron chi connectivity index (χ0n) is 5.37. The minimum Gasteiger partial charge on any atom is -0.392 e. The first kappa shape index (κ1) is 8.11. The average molecular weight is 126 g/mol. The maximum atomic E-state index is 10.0. The van der Waals surface area contributed by atoms with Gasteiger partial charge in [-0.15, -0.1) is 0 Å². The van der Waals surface area contributed by atoms with Gasteiger partial charge in [0.2, 0.25) is 0 Å². The van der Waals surface area contributed by atoms with Crippen LogP contribution in [-0.4, -0.2) is 18.0 Å². The SMILES string of the molecule is C/C=C(C=O)\C=C/CO. The van der Waals surface area contributed by atoms with Crippen LogP contribution in [0.5, 0.6) is 0 Å². The summed E-state index contributed by atoms with van der Waals surface area (Å²) >= 11 is 0. The molecule has 50 valence electrons. The van der Waals surface area contributed by atoms with Gasteiger partial charge in [0.1, 0.15) is 6.29 Å². The molecule has 0 aromatic carbocycles. The quantitative estimate of drug-likeness (QED) is 0.343. The number of aliphatic hydroxyl groups is 1. The molecule has 0 aromatic rings. The molecule has 9 heavy (non-hydrogen) atoms. The van der Waals surface area contributed by atoms with Gasteiger partial charge in [0, 0.05) is 5.57 Å². The van der Waals surface area contributed by atoms with Crippen molar-refractivity contribution in [2.45, 2.75) is 6.92 Å². The predicted octanol–water partition coefficient (Wildman–Crippen LogP) is 0.680. The molecule has 0 unspecified atom stereocenters. The molecule has 0 saturated carbocycles. The second-order valence-electron chi connectivity index (χ2n) is 1.49. The van der Waals surface area contributed by atoms with Crippen LogP contribution in [0.2, 0.25) is 0 Å². The minimum atomic E-state index is -0.0226. The molecule has 0 fully saturated rings. The van der Waals surface area contributed by atoms with Gasteiger partial charge in [-0.3, -0.25) is 4.79 Å². The Morgan fingerprint density at radius 3 is 2.67 bits per heavy atom. The summed E-state index contributed by atoms with van der Waals surface area (Å²) in [6.45, 7) is 1.75. The summed E-state index contributed by atoms with van der Waals surface area (Å²) in [6, 6.07) is 0. The van der Waals surface area contributed by atoms with E-state index in [1.807, 2.05) is 0 Å². The third-order valence-electron chi connectivity index (χ3n) is 0.885. The molecule has 0 atom stereocenters. The second-order valence-corrected chi connectivity index (χ2v) is 1.49. The maximum Gasteiger partial charge on any atom is 0.149 e. The molecule has 0 amide bonds. The fraction of sp³-hybridized carbons (Fsp3) is 0.286. The average Bonchev–Trinajstić information content (AvgIpc) is 1.91. The van der Waals surface area contributed by atoms with E-state index in [1.165, 1.54) is 6.08 Å². The Balaban J connectivity index is 3.84. The van der Waals surface area contributed by atoms with E-state index in [0.29, 0.717) is 5.57 Å². The zero-order valence-corrected chi connectivity index (χ0v) is 5.37. The van der Waals surface area contributed by atoms with Gasteiger partial charge in [0.25, 0.3) is 0 Å². The van der Waals surface area contributed by atoms with Crippen molar-refractivity contribution in [2.24, 2.45) is 0 Å². The van der Waals surface area contributed by atoms with E-state index in [1.54, 1.807) is 19.1 Å². The van der Waals surface area contributed by atoms with Crippen LogP contribution in [0.25, 0.3) is 0 Å². The van der Waals surface area contributed by atoms with Crippen LogP contribution < -0.4 is 0 Å². The number of rotatable bonds is 3. The summed E-state index contributed by atoms with van der Waals surface area (Å²) in [6.07, 6.45) is 5.52. The van der Waals surface area contributed by atoms with Crippen LogP contribution in [0.3, 0.4) is 0 Å². The molecule has 0 bridgehead atoms. The molecule has 0 heterocycles. The van der Waals surface area contributed by atoms with Gasteiger partial charge in [-0.25, -0.2) is 0 Å². The highest BCUT2D eigenvalue weighted by molar-refractivity contribution is 5.77. The van der Waals surface area contributed by atoms with Gasteiger partial charge in [-0.2, -0.15) is 0 Å². The molecule has 0 aliphatic carbocycles. The van der Waals surface area contributed by atoms with E-state index in [-0.39, 0.29) is 6.61 Å². The van der Waals surface area contributed by atoms with Crippen LogP contribution >= 0.6 is 0 Å². The van der Waals surface area contributed by atoms with Gasteiger partial charge in [0.05, 0.1) is 6.61 Å². The van der Waals surface area contributed by atoms with E-state index in [4.69, 9.17) is 5.11 Å². The van der Waals surface area contributed by atoms with E-state index >= 15 is 0 Å². The predicted molar refractivity (Wildman–Crippen MR) is 36.0 cm³/mol. The van der Waals surface area contributed by atoms with Crippen LogP contribution in [0, 0.1) is 0 Å². The lowest BCUT2D eigenvalue weighted by molar-refractivity contribution is -0.104. The van der Waals surface area contributed by atoms with Crippen molar-refractivity contribution in [2.75, 3.05) is 6.61 Å². The number of hydrogen-bond donors (Lipinski definition) is 1. The third kappa shape index (κ3) is 3.67. The van der Waals surface area contributed by atoms with Crippen molar-refractivity contribution >= 4 is 6.29 Å². The monoisotopic (exact) mass is 126 g/mol. The molecule has 2 heteroatoms. The van der Waals surface area contributed by atoms with Crippen molar-refractivity contribution in [3.63, 3.8) is 0 Å². The lowest BCUT2D eigenvalue weighted by Crippen LogP contribution is -1.78. The molecule has 0 aromatic heterocycles. The lowest BCUT2D eigenvalue weighted by Gasteiger charge is -1.83. The van der Waals surface area contributed by atoms with Crippen LogP contribution in [0.1, 0.15) is 6.92 Å².